The molecule has 3 atom stereocenters. The van der Waals surface area contributed by atoms with Gasteiger partial charge in [0.2, 0.25) is 0 Å². The average Bonchev–Trinajstić information content (AvgIpc) is 2.72. The van der Waals surface area contributed by atoms with Crippen molar-refractivity contribution in [1.82, 2.24) is 4.90 Å². The van der Waals surface area contributed by atoms with Crippen molar-refractivity contribution in [3.05, 3.63) is 60.2 Å². The monoisotopic (exact) mass is 411 g/mol. The summed E-state index contributed by atoms with van der Waals surface area (Å²) in [6, 6.07) is 17.7. The van der Waals surface area contributed by atoms with Gasteiger partial charge in [-0.05, 0) is 37.5 Å². The molecule has 6 nitrogen and oxygen atoms in total. The first-order chi connectivity index (χ1) is 14.2. The number of nitrogens with zero attached hydrogens (tertiary/aromatic N) is 1. The lowest BCUT2D eigenvalue weighted by atomic mass is 9.78. The van der Waals surface area contributed by atoms with Gasteiger partial charge in [0.15, 0.2) is 0 Å². The molecule has 1 heterocycles. The molecule has 1 amide bonds. The standard InChI is InChI=1S/C24H29NO5/c1-24(2,3)30-23(28)25-14-19(22(27)29-4)21(20(26)15-25)18-12-8-11-17(13-18)16-9-6-5-7-10-16/h5-13,19-21,26H,14-15H2,1-4H3/t19-,20-,21-/m1/s1. The molecule has 1 aliphatic rings. The number of hydrogen-bond donors (Lipinski definition) is 1. The first-order valence-corrected chi connectivity index (χ1v) is 10.1. The maximum atomic E-state index is 12.6. The number of esters is 1. The Morgan fingerprint density at radius 3 is 2.30 bits per heavy atom. The van der Waals surface area contributed by atoms with Gasteiger partial charge in [-0.25, -0.2) is 4.79 Å². The van der Waals surface area contributed by atoms with Crippen LogP contribution in [0, 0.1) is 5.92 Å². The highest BCUT2D eigenvalue weighted by Gasteiger charge is 2.44. The summed E-state index contributed by atoms with van der Waals surface area (Å²) in [6.45, 7) is 5.55. The van der Waals surface area contributed by atoms with E-state index in [0.29, 0.717) is 0 Å². The molecule has 0 saturated carbocycles. The van der Waals surface area contributed by atoms with Crippen molar-refractivity contribution in [3.63, 3.8) is 0 Å². The summed E-state index contributed by atoms with van der Waals surface area (Å²) in [5.41, 5.74) is 2.22. The number of rotatable bonds is 3. The third-order valence-corrected chi connectivity index (χ3v) is 5.21. The summed E-state index contributed by atoms with van der Waals surface area (Å²) in [7, 11) is 1.32. The zero-order valence-corrected chi connectivity index (χ0v) is 17.9. The summed E-state index contributed by atoms with van der Waals surface area (Å²) in [5, 5.41) is 11.0. The number of hydrogen-bond acceptors (Lipinski definition) is 5. The Labute approximate surface area is 177 Å². The lowest BCUT2D eigenvalue weighted by Crippen LogP contribution is -2.53. The van der Waals surface area contributed by atoms with E-state index in [1.54, 1.807) is 20.8 Å². The average molecular weight is 411 g/mol. The third-order valence-electron chi connectivity index (χ3n) is 5.21. The minimum Gasteiger partial charge on any atom is -0.469 e. The second kappa shape index (κ2) is 8.88. The van der Waals surface area contributed by atoms with Crippen molar-refractivity contribution in [1.29, 1.82) is 0 Å². The van der Waals surface area contributed by atoms with Gasteiger partial charge in [-0.2, -0.15) is 0 Å². The van der Waals surface area contributed by atoms with Crippen LogP contribution in [-0.2, 0) is 14.3 Å². The minimum absolute atomic E-state index is 0.0860. The van der Waals surface area contributed by atoms with E-state index in [-0.39, 0.29) is 13.1 Å². The molecular formula is C24H29NO5. The van der Waals surface area contributed by atoms with E-state index in [4.69, 9.17) is 9.47 Å². The van der Waals surface area contributed by atoms with Gasteiger partial charge in [0.25, 0.3) is 0 Å². The largest absolute Gasteiger partial charge is 0.469 e. The topological polar surface area (TPSA) is 76.1 Å². The van der Waals surface area contributed by atoms with Crippen molar-refractivity contribution >= 4 is 12.1 Å². The minimum atomic E-state index is -0.929. The van der Waals surface area contributed by atoms with E-state index in [9.17, 15) is 14.7 Å². The molecule has 0 aliphatic carbocycles. The number of ether oxygens (including phenoxy) is 2. The molecule has 2 aromatic carbocycles. The first-order valence-electron chi connectivity index (χ1n) is 10.1. The van der Waals surface area contributed by atoms with Gasteiger partial charge in [-0.1, -0.05) is 54.6 Å². The third kappa shape index (κ3) is 5.00. The van der Waals surface area contributed by atoms with Crippen molar-refractivity contribution in [2.24, 2.45) is 5.92 Å². The quantitative estimate of drug-likeness (QED) is 0.777. The van der Waals surface area contributed by atoms with Gasteiger partial charge < -0.3 is 19.5 Å². The molecule has 0 spiro atoms. The molecule has 0 aromatic heterocycles. The molecule has 2 aromatic rings. The number of carbonyl (C=O) groups excluding carboxylic acids is 2. The fourth-order valence-corrected chi connectivity index (χ4v) is 3.89. The number of carbonyl (C=O) groups is 2. The normalized spacial score (nSPS) is 21.8. The molecule has 30 heavy (non-hydrogen) atoms. The van der Waals surface area contributed by atoms with Crippen LogP contribution in [0.1, 0.15) is 32.3 Å². The zero-order chi connectivity index (χ0) is 21.9. The molecule has 1 N–H and O–H groups in total. The zero-order valence-electron chi connectivity index (χ0n) is 17.9. The summed E-state index contributed by atoms with van der Waals surface area (Å²) >= 11 is 0. The molecule has 0 unspecified atom stereocenters. The second-order valence-corrected chi connectivity index (χ2v) is 8.60. The molecule has 1 saturated heterocycles. The van der Waals surface area contributed by atoms with Crippen molar-refractivity contribution in [3.8, 4) is 11.1 Å². The first kappa shape index (κ1) is 21.8. The van der Waals surface area contributed by atoms with Crippen molar-refractivity contribution < 1.29 is 24.2 Å². The molecule has 1 fully saturated rings. The molecule has 0 bridgehead atoms. The second-order valence-electron chi connectivity index (χ2n) is 8.60. The number of benzene rings is 2. The van der Waals surface area contributed by atoms with Crippen LogP contribution >= 0.6 is 0 Å². The SMILES string of the molecule is COC(=O)[C@@H]1CN(C(=O)OC(C)(C)C)C[C@@H](O)[C@@H]1c1cccc(-c2ccccc2)c1. The predicted octanol–water partition coefficient (Wildman–Crippen LogP) is 3.84. The molecule has 3 rings (SSSR count). The summed E-state index contributed by atoms with van der Waals surface area (Å²) < 4.78 is 10.4. The van der Waals surface area contributed by atoms with Gasteiger partial charge in [-0.3, -0.25) is 4.79 Å². The molecular weight excluding hydrogens is 382 g/mol. The maximum absolute atomic E-state index is 12.6. The molecule has 0 radical (unpaired) electrons. The Morgan fingerprint density at radius 2 is 1.67 bits per heavy atom. The lowest BCUT2D eigenvalue weighted by Gasteiger charge is -2.41. The van der Waals surface area contributed by atoms with Crippen LogP contribution in [0.3, 0.4) is 0 Å². The van der Waals surface area contributed by atoms with Crippen molar-refractivity contribution in [2.45, 2.75) is 38.4 Å². The molecule has 1 aliphatic heterocycles. The van der Waals surface area contributed by atoms with E-state index < -0.39 is 35.6 Å². The van der Waals surface area contributed by atoms with Crippen LogP contribution in [0.4, 0.5) is 4.79 Å². The van der Waals surface area contributed by atoms with E-state index in [1.165, 1.54) is 12.0 Å². The number of piperidine rings is 1. The van der Waals surface area contributed by atoms with Crippen LogP contribution in [0.15, 0.2) is 54.6 Å². The number of likely N-dealkylation sites (tertiary alicyclic amines) is 1. The van der Waals surface area contributed by atoms with E-state index >= 15 is 0 Å². The van der Waals surface area contributed by atoms with Gasteiger partial charge in [0.1, 0.15) is 5.60 Å². The van der Waals surface area contributed by atoms with E-state index in [2.05, 4.69) is 0 Å². The highest BCUT2D eigenvalue weighted by molar-refractivity contribution is 5.77. The molecule has 6 heteroatoms. The van der Waals surface area contributed by atoms with Gasteiger partial charge in [-0.15, -0.1) is 0 Å². The summed E-state index contributed by atoms with van der Waals surface area (Å²) in [4.78, 5) is 26.5. The molecule has 160 valence electrons. The van der Waals surface area contributed by atoms with Gasteiger partial charge >= 0.3 is 12.1 Å². The Kier molecular flexibility index (Phi) is 6.46. The number of amides is 1. The van der Waals surface area contributed by atoms with Crippen molar-refractivity contribution in [2.75, 3.05) is 20.2 Å². The van der Waals surface area contributed by atoms with Crippen LogP contribution in [-0.4, -0.2) is 54.0 Å². The summed E-state index contributed by atoms with van der Waals surface area (Å²) in [5.74, 6) is -1.64. The highest BCUT2D eigenvalue weighted by Crippen LogP contribution is 2.36. The number of β-amino-alcohol motifs (C(OH)–C–C–N with tert-alkyl or cyclic N) is 1. The number of aliphatic hydroxyl groups excluding tert-OH is 1. The number of aliphatic hydroxyl groups is 1. The Hall–Kier alpha value is -2.86. The highest BCUT2D eigenvalue weighted by atomic mass is 16.6. The Balaban J connectivity index is 1.91. The van der Waals surface area contributed by atoms with Crippen LogP contribution < -0.4 is 0 Å². The van der Waals surface area contributed by atoms with Crippen LogP contribution in [0.2, 0.25) is 0 Å². The summed E-state index contributed by atoms with van der Waals surface area (Å²) in [6.07, 6.45) is -1.48. The lowest BCUT2D eigenvalue weighted by molar-refractivity contribution is -0.150. The Bertz CT molecular complexity index is 890. The fourth-order valence-electron chi connectivity index (χ4n) is 3.89. The van der Waals surface area contributed by atoms with E-state index in [0.717, 1.165) is 16.7 Å². The van der Waals surface area contributed by atoms with Gasteiger partial charge in [0.05, 0.1) is 25.7 Å². The maximum Gasteiger partial charge on any atom is 0.410 e. The Morgan fingerprint density at radius 1 is 1.00 bits per heavy atom. The number of methoxy groups -OCH3 is 1. The fraction of sp³-hybridized carbons (Fsp3) is 0.417. The predicted molar refractivity (Wildman–Crippen MR) is 114 cm³/mol. The van der Waals surface area contributed by atoms with Crippen LogP contribution in [0.25, 0.3) is 11.1 Å². The van der Waals surface area contributed by atoms with Crippen LogP contribution in [0.5, 0.6) is 0 Å². The van der Waals surface area contributed by atoms with Gasteiger partial charge in [0, 0.05) is 12.5 Å². The smallest absolute Gasteiger partial charge is 0.410 e. The van der Waals surface area contributed by atoms with E-state index in [1.807, 2.05) is 54.6 Å².